The molecule has 0 aliphatic rings. The molecule has 84 valence electrons. The molecule has 0 radical (unpaired) electrons. The van der Waals surface area contributed by atoms with Gasteiger partial charge in [0, 0.05) is 12.7 Å². The number of halogens is 3. The summed E-state index contributed by atoms with van der Waals surface area (Å²) in [7, 11) is 0. The molecule has 3 nitrogen and oxygen atoms in total. The van der Waals surface area contributed by atoms with Gasteiger partial charge in [0.05, 0.1) is 11.9 Å². The molecule has 0 unspecified atom stereocenters. The van der Waals surface area contributed by atoms with Crippen molar-refractivity contribution in [3.05, 3.63) is 47.5 Å². The summed E-state index contributed by atoms with van der Waals surface area (Å²) >= 11 is 0. The molecule has 1 aromatic carbocycles. The molecule has 1 heterocycles. The van der Waals surface area contributed by atoms with Gasteiger partial charge in [0.25, 0.3) is 0 Å². The van der Waals surface area contributed by atoms with Crippen LogP contribution >= 0.6 is 0 Å². The van der Waals surface area contributed by atoms with Gasteiger partial charge in [0.1, 0.15) is 0 Å². The molecule has 0 saturated carbocycles. The minimum absolute atomic E-state index is 0.188. The van der Waals surface area contributed by atoms with Crippen molar-refractivity contribution < 1.29 is 13.2 Å². The summed E-state index contributed by atoms with van der Waals surface area (Å²) in [6.45, 7) is 0.188. The Morgan fingerprint density at radius 2 is 1.88 bits per heavy atom. The van der Waals surface area contributed by atoms with Crippen molar-refractivity contribution in [3.63, 3.8) is 0 Å². The fourth-order valence-electron chi connectivity index (χ4n) is 1.26. The Hall–Kier alpha value is -1.98. The van der Waals surface area contributed by atoms with Crippen LogP contribution in [0.3, 0.4) is 0 Å². The van der Waals surface area contributed by atoms with Crippen LogP contribution in [-0.2, 0) is 6.54 Å². The van der Waals surface area contributed by atoms with Crippen molar-refractivity contribution in [2.75, 3.05) is 5.32 Å². The summed E-state index contributed by atoms with van der Waals surface area (Å²) in [5.41, 5.74) is 1.00. The number of nitrogens with one attached hydrogen (secondary N) is 2. The Kier molecular flexibility index (Phi) is 2.80. The van der Waals surface area contributed by atoms with Crippen LogP contribution in [0.15, 0.2) is 24.5 Å². The third kappa shape index (κ3) is 2.16. The Balaban J connectivity index is 2.10. The molecule has 0 amide bonds. The normalized spacial score (nSPS) is 10.4. The highest BCUT2D eigenvalue weighted by molar-refractivity contribution is 5.38. The van der Waals surface area contributed by atoms with Crippen molar-refractivity contribution in [1.82, 2.24) is 10.2 Å². The molecule has 2 N–H and O–H groups in total. The van der Waals surface area contributed by atoms with Gasteiger partial charge < -0.3 is 5.32 Å². The molecule has 16 heavy (non-hydrogen) atoms. The lowest BCUT2D eigenvalue weighted by Gasteiger charge is -2.04. The summed E-state index contributed by atoms with van der Waals surface area (Å²) in [5.74, 6) is -3.83. The quantitative estimate of drug-likeness (QED) is 0.790. The maximum atomic E-state index is 12.8. The summed E-state index contributed by atoms with van der Waals surface area (Å²) < 4.78 is 38.3. The average Bonchev–Trinajstić information content (AvgIpc) is 2.75. The fraction of sp³-hybridized carbons (Fsp3) is 0.100. The van der Waals surface area contributed by atoms with E-state index in [9.17, 15) is 13.2 Å². The van der Waals surface area contributed by atoms with Crippen molar-refractivity contribution in [2.45, 2.75) is 6.54 Å². The van der Waals surface area contributed by atoms with Crippen LogP contribution < -0.4 is 5.32 Å². The van der Waals surface area contributed by atoms with E-state index in [-0.39, 0.29) is 6.54 Å². The molecule has 0 bridgehead atoms. The number of hydrogen-bond donors (Lipinski definition) is 2. The molecule has 0 aliphatic heterocycles. The first-order valence-electron chi connectivity index (χ1n) is 4.53. The van der Waals surface area contributed by atoms with Crippen molar-refractivity contribution in [1.29, 1.82) is 0 Å². The topological polar surface area (TPSA) is 40.7 Å². The second kappa shape index (κ2) is 4.26. The van der Waals surface area contributed by atoms with E-state index < -0.39 is 17.5 Å². The lowest BCUT2D eigenvalue weighted by molar-refractivity contribution is 0.445. The van der Waals surface area contributed by atoms with Gasteiger partial charge in [-0.05, 0) is 17.7 Å². The van der Waals surface area contributed by atoms with E-state index in [0.29, 0.717) is 11.3 Å². The van der Waals surface area contributed by atoms with Crippen molar-refractivity contribution in [2.24, 2.45) is 0 Å². The number of hydrogen-bond acceptors (Lipinski definition) is 2. The van der Waals surface area contributed by atoms with Gasteiger partial charge in [-0.2, -0.15) is 5.10 Å². The SMILES string of the molecule is Fc1cc(CNc2cn[nH]c2)cc(F)c1F. The van der Waals surface area contributed by atoms with E-state index in [1.54, 1.807) is 6.20 Å². The Bertz CT molecular complexity index is 459. The van der Waals surface area contributed by atoms with Crippen molar-refractivity contribution >= 4 is 5.69 Å². The zero-order valence-corrected chi connectivity index (χ0v) is 8.10. The lowest BCUT2D eigenvalue weighted by atomic mass is 10.2. The minimum Gasteiger partial charge on any atom is -0.378 e. The van der Waals surface area contributed by atoms with Gasteiger partial charge in [0.2, 0.25) is 0 Å². The number of aromatic nitrogens is 2. The molecular formula is C10H8F3N3. The number of H-pyrrole nitrogens is 1. The van der Waals surface area contributed by atoms with Gasteiger partial charge >= 0.3 is 0 Å². The first-order valence-corrected chi connectivity index (χ1v) is 4.53. The zero-order chi connectivity index (χ0) is 11.5. The van der Waals surface area contributed by atoms with Crippen LogP contribution in [0.2, 0.25) is 0 Å². The molecule has 0 saturated heterocycles. The van der Waals surface area contributed by atoms with Gasteiger partial charge in [0.15, 0.2) is 17.5 Å². The van der Waals surface area contributed by atoms with Gasteiger partial charge in [-0.1, -0.05) is 0 Å². The summed E-state index contributed by atoms with van der Waals surface area (Å²) in [6.07, 6.45) is 3.12. The monoisotopic (exact) mass is 227 g/mol. The third-order valence-corrected chi connectivity index (χ3v) is 2.04. The van der Waals surface area contributed by atoms with Crippen LogP contribution in [0.1, 0.15) is 5.56 Å². The minimum atomic E-state index is -1.45. The average molecular weight is 227 g/mol. The molecule has 0 aliphatic carbocycles. The predicted molar refractivity (Wildman–Crippen MR) is 52.2 cm³/mol. The van der Waals surface area contributed by atoms with Gasteiger partial charge in [-0.15, -0.1) is 0 Å². The Morgan fingerprint density at radius 3 is 2.44 bits per heavy atom. The fourth-order valence-corrected chi connectivity index (χ4v) is 1.26. The number of benzene rings is 1. The Labute approximate surface area is 89.3 Å². The molecule has 2 rings (SSSR count). The lowest BCUT2D eigenvalue weighted by Crippen LogP contribution is -2.01. The molecule has 0 spiro atoms. The van der Waals surface area contributed by atoms with Gasteiger partial charge in [-0.3, -0.25) is 5.10 Å². The van der Waals surface area contributed by atoms with Gasteiger partial charge in [-0.25, -0.2) is 13.2 Å². The highest BCUT2D eigenvalue weighted by Gasteiger charge is 2.10. The molecule has 0 atom stereocenters. The van der Waals surface area contributed by atoms with E-state index >= 15 is 0 Å². The maximum absolute atomic E-state index is 12.8. The second-order valence-corrected chi connectivity index (χ2v) is 3.21. The van der Waals surface area contributed by atoms with Crippen LogP contribution in [0.25, 0.3) is 0 Å². The largest absolute Gasteiger partial charge is 0.378 e. The van der Waals surface area contributed by atoms with E-state index in [2.05, 4.69) is 15.5 Å². The number of aromatic amines is 1. The maximum Gasteiger partial charge on any atom is 0.194 e. The summed E-state index contributed by atoms with van der Waals surface area (Å²) in [5, 5.41) is 9.13. The highest BCUT2D eigenvalue weighted by atomic mass is 19.2. The Morgan fingerprint density at radius 1 is 1.19 bits per heavy atom. The second-order valence-electron chi connectivity index (χ2n) is 3.21. The smallest absolute Gasteiger partial charge is 0.194 e. The first kappa shape index (κ1) is 10.5. The van der Waals surface area contributed by atoms with Crippen LogP contribution in [0, 0.1) is 17.5 Å². The van der Waals surface area contributed by atoms with Crippen molar-refractivity contribution in [3.8, 4) is 0 Å². The van der Waals surface area contributed by atoms with E-state index in [4.69, 9.17) is 0 Å². The number of anilines is 1. The molecule has 0 fully saturated rings. The summed E-state index contributed by atoms with van der Waals surface area (Å²) in [6, 6.07) is 1.90. The predicted octanol–water partition coefficient (Wildman–Crippen LogP) is 2.44. The third-order valence-electron chi connectivity index (χ3n) is 2.04. The van der Waals surface area contributed by atoms with E-state index in [1.807, 2.05) is 0 Å². The molecular weight excluding hydrogens is 219 g/mol. The first-order chi connectivity index (χ1) is 7.66. The molecule has 6 heteroatoms. The van der Waals surface area contributed by atoms with Crippen LogP contribution in [0.5, 0.6) is 0 Å². The van der Waals surface area contributed by atoms with E-state index in [0.717, 1.165) is 12.1 Å². The highest BCUT2D eigenvalue weighted by Crippen LogP contribution is 2.14. The molecule has 2 aromatic rings. The van der Waals surface area contributed by atoms with Crippen LogP contribution in [-0.4, -0.2) is 10.2 Å². The molecule has 1 aromatic heterocycles. The van der Waals surface area contributed by atoms with Crippen LogP contribution in [0.4, 0.5) is 18.9 Å². The standard InChI is InChI=1S/C10H8F3N3/c11-8-1-6(2-9(12)10(8)13)3-14-7-4-15-16-5-7/h1-2,4-5,14H,3H2,(H,15,16). The van der Waals surface area contributed by atoms with E-state index in [1.165, 1.54) is 6.20 Å². The number of nitrogens with zero attached hydrogens (tertiary/aromatic N) is 1. The summed E-state index contributed by atoms with van der Waals surface area (Å²) in [4.78, 5) is 0. The number of rotatable bonds is 3. The zero-order valence-electron chi connectivity index (χ0n) is 8.10.